The number of rotatable bonds is 3. The Morgan fingerprint density at radius 3 is 2.72 bits per heavy atom. The molecule has 2 atom stereocenters. The number of hydrogen-bond acceptors (Lipinski definition) is 4. The van der Waals surface area contributed by atoms with Gasteiger partial charge in [0.05, 0.1) is 24.9 Å². The Kier molecular flexibility index (Phi) is 3.47. The van der Waals surface area contributed by atoms with Gasteiger partial charge in [-0.05, 0) is 33.1 Å². The molecule has 0 bridgehead atoms. The van der Waals surface area contributed by atoms with Gasteiger partial charge in [0.1, 0.15) is 0 Å². The van der Waals surface area contributed by atoms with Crippen molar-refractivity contribution in [3.05, 3.63) is 0 Å². The highest BCUT2D eigenvalue weighted by Gasteiger charge is 2.50. The van der Waals surface area contributed by atoms with E-state index in [1.54, 1.807) is 0 Å². The lowest BCUT2D eigenvalue weighted by Gasteiger charge is -2.33. The molecule has 0 aliphatic carbocycles. The summed E-state index contributed by atoms with van der Waals surface area (Å²) in [6, 6.07) is 0. The zero-order valence-electron chi connectivity index (χ0n) is 10.9. The zero-order chi connectivity index (χ0) is 13.4. The molecule has 0 spiro atoms. The number of Topliss-reactive ketones (excluding diaryl/α,β-unsaturated/α-hetero) is 1. The van der Waals surface area contributed by atoms with E-state index in [0.29, 0.717) is 6.61 Å². The van der Waals surface area contributed by atoms with Crippen LogP contribution in [0.2, 0.25) is 0 Å². The summed E-state index contributed by atoms with van der Waals surface area (Å²) in [4.78, 5) is 23.5. The second kappa shape index (κ2) is 4.63. The second-order valence-electron chi connectivity index (χ2n) is 5.86. The molecule has 0 aromatic rings. The van der Waals surface area contributed by atoms with E-state index in [4.69, 9.17) is 9.47 Å². The van der Waals surface area contributed by atoms with Gasteiger partial charge in [-0.1, -0.05) is 0 Å². The van der Waals surface area contributed by atoms with E-state index in [0.717, 1.165) is 12.8 Å². The molecular formula is C13H20O5. The van der Waals surface area contributed by atoms with E-state index in [2.05, 4.69) is 0 Å². The first-order chi connectivity index (χ1) is 8.36. The molecule has 2 saturated heterocycles. The Balaban J connectivity index is 2.12. The van der Waals surface area contributed by atoms with Crippen LogP contribution in [0.3, 0.4) is 0 Å². The predicted octanol–water partition coefficient (Wildman–Crippen LogP) is 1.39. The number of carboxylic acid groups (broad SMARTS) is 1. The number of carbonyl (C=O) groups is 2. The van der Waals surface area contributed by atoms with Crippen LogP contribution in [0.1, 0.15) is 39.5 Å². The molecule has 0 aromatic heterocycles. The first kappa shape index (κ1) is 13.5. The lowest BCUT2D eigenvalue weighted by atomic mass is 9.76. The maximum atomic E-state index is 12.0. The van der Waals surface area contributed by atoms with Gasteiger partial charge in [-0.2, -0.15) is 0 Å². The van der Waals surface area contributed by atoms with Gasteiger partial charge >= 0.3 is 5.97 Å². The quantitative estimate of drug-likeness (QED) is 0.772. The molecule has 102 valence electrons. The Labute approximate surface area is 106 Å². The third-order valence-electron chi connectivity index (χ3n) is 3.90. The van der Waals surface area contributed by atoms with Gasteiger partial charge in [-0.3, -0.25) is 9.59 Å². The molecule has 0 saturated carbocycles. The van der Waals surface area contributed by atoms with Gasteiger partial charge < -0.3 is 14.6 Å². The molecule has 0 radical (unpaired) electrons. The molecule has 2 aliphatic rings. The number of carbonyl (C=O) groups excluding carboxylic acids is 1. The van der Waals surface area contributed by atoms with Crippen molar-refractivity contribution in [1.29, 1.82) is 0 Å². The SMILES string of the molecule is CC1(C)CCC(CC2(C(=O)O)COCCC2=O)O1. The first-order valence-electron chi connectivity index (χ1n) is 6.38. The normalized spacial score (nSPS) is 35.7. The highest BCUT2D eigenvalue weighted by Crippen LogP contribution is 2.38. The second-order valence-corrected chi connectivity index (χ2v) is 5.86. The van der Waals surface area contributed by atoms with E-state index in [1.165, 1.54) is 0 Å². The van der Waals surface area contributed by atoms with Crippen molar-refractivity contribution in [2.24, 2.45) is 5.41 Å². The highest BCUT2D eigenvalue weighted by atomic mass is 16.5. The summed E-state index contributed by atoms with van der Waals surface area (Å²) in [5.74, 6) is -1.31. The molecule has 18 heavy (non-hydrogen) atoms. The van der Waals surface area contributed by atoms with Crippen molar-refractivity contribution >= 4 is 11.8 Å². The van der Waals surface area contributed by atoms with Gasteiger partial charge in [0.25, 0.3) is 0 Å². The number of ketones is 1. The van der Waals surface area contributed by atoms with Crippen molar-refractivity contribution in [3.8, 4) is 0 Å². The van der Waals surface area contributed by atoms with Crippen molar-refractivity contribution < 1.29 is 24.2 Å². The minimum absolute atomic E-state index is 0.0263. The molecular weight excluding hydrogens is 236 g/mol. The van der Waals surface area contributed by atoms with E-state index in [1.807, 2.05) is 13.8 Å². The smallest absolute Gasteiger partial charge is 0.319 e. The molecule has 2 rings (SSSR count). The van der Waals surface area contributed by atoms with Crippen LogP contribution in [0.5, 0.6) is 0 Å². The van der Waals surface area contributed by atoms with E-state index in [-0.39, 0.29) is 36.9 Å². The fourth-order valence-electron chi connectivity index (χ4n) is 2.78. The molecule has 0 aromatic carbocycles. The van der Waals surface area contributed by atoms with E-state index in [9.17, 15) is 14.7 Å². The Morgan fingerprint density at radius 1 is 1.50 bits per heavy atom. The minimum atomic E-state index is -1.40. The van der Waals surface area contributed by atoms with Crippen LogP contribution in [-0.4, -0.2) is 41.8 Å². The van der Waals surface area contributed by atoms with Crippen molar-refractivity contribution in [2.45, 2.75) is 51.2 Å². The van der Waals surface area contributed by atoms with Gasteiger partial charge in [0.2, 0.25) is 0 Å². The largest absolute Gasteiger partial charge is 0.480 e. The van der Waals surface area contributed by atoms with Gasteiger partial charge in [0.15, 0.2) is 11.2 Å². The van der Waals surface area contributed by atoms with Crippen LogP contribution >= 0.6 is 0 Å². The van der Waals surface area contributed by atoms with E-state index >= 15 is 0 Å². The van der Waals surface area contributed by atoms with Crippen molar-refractivity contribution in [1.82, 2.24) is 0 Å². The summed E-state index contributed by atoms with van der Waals surface area (Å²) in [6.07, 6.45) is 1.94. The average Bonchev–Trinajstić information content (AvgIpc) is 2.61. The van der Waals surface area contributed by atoms with Gasteiger partial charge in [-0.15, -0.1) is 0 Å². The third-order valence-corrected chi connectivity index (χ3v) is 3.90. The van der Waals surface area contributed by atoms with Crippen LogP contribution in [0.4, 0.5) is 0 Å². The maximum Gasteiger partial charge on any atom is 0.319 e. The van der Waals surface area contributed by atoms with E-state index < -0.39 is 11.4 Å². The standard InChI is InChI=1S/C13H20O5/c1-12(2)5-3-9(18-12)7-13(11(15)16)8-17-6-4-10(13)14/h9H,3-8H2,1-2H3,(H,15,16). The third kappa shape index (κ3) is 2.42. The molecule has 1 N–H and O–H groups in total. The number of aliphatic carboxylic acids is 1. The Bertz CT molecular complexity index is 362. The fourth-order valence-corrected chi connectivity index (χ4v) is 2.78. The number of ether oxygens (including phenoxy) is 2. The Morgan fingerprint density at radius 2 is 2.22 bits per heavy atom. The van der Waals surface area contributed by atoms with Gasteiger partial charge in [0, 0.05) is 6.42 Å². The van der Waals surface area contributed by atoms with Crippen LogP contribution < -0.4 is 0 Å². The maximum absolute atomic E-state index is 12.0. The lowest BCUT2D eigenvalue weighted by Crippen LogP contribution is -2.49. The summed E-state index contributed by atoms with van der Waals surface area (Å²) in [7, 11) is 0. The highest BCUT2D eigenvalue weighted by molar-refractivity contribution is 6.03. The predicted molar refractivity (Wildman–Crippen MR) is 63.3 cm³/mol. The summed E-state index contributed by atoms with van der Waals surface area (Å²) >= 11 is 0. The van der Waals surface area contributed by atoms with Crippen LogP contribution in [0.25, 0.3) is 0 Å². The van der Waals surface area contributed by atoms with Crippen molar-refractivity contribution in [3.63, 3.8) is 0 Å². The average molecular weight is 256 g/mol. The molecule has 2 aliphatic heterocycles. The fraction of sp³-hybridized carbons (Fsp3) is 0.846. The summed E-state index contributed by atoms with van der Waals surface area (Å²) < 4.78 is 11.0. The lowest BCUT2D eigenvalue weighted by molar-refractivity contribution is -0.169. The monoisotopic (exact) mass is 256 g/mol. The van der Waals surface area contributed by atoms with Crippen LogP contribution in [0, 0.1) is 5.41 Å². The summed E-state index contributed by atoms with van der Waals surface area (Å²) in [5, 5.41) is 9.39. The zero-order valence-corrected chi connectivity index (χ0v) is 10.9. The van der Waals surface area contributed by atoms with Crippen LogP contribution in [0.15, 0.2) is 0 Å². The van der Waals surface area contributed by atoms with Crippen molar-refractivity contribution in [2.75, 3.05) is 13.2 Å². The van der Waals surface area contributed by atoms with Crippen LogP contribution in [-0.2, 0) is 19.1 Å². The Hall–Kier alpha value is -0.940. The molecule has 0 amide bonds. The topological polar surface area (TPSA) is 72.8 Å². The molecule has 5 nitrogen and oxygen atoms in total. The molecule has 2 unspecified atom stereocenters. The summed E-state index contributed by atoms with van der Waals surface area (Å²) in [6.45, 7) is 4.27. The van der Waals surface area contributed by atoms with Gasteiger partial charge in [-0.25, -0.2) is 0 Å². The minimum Gasteiger partial charge on any atom is -0.480 e. The molecule has 2 heterocycles. The molecule has 2 fully saturated rings. The number of hydrogen-bond donors (Lipinski definition) is 1. The first-order valence-corrected chi connectivity index (χ1v) is 6.38. The number of carboxylic acids is 1. The molecule has 5 heteroatoms. The summed E-state index contributed by atoms with van der Waals surface area (Å²) in [5.41, 5.74) is -1.62.